The normalized spacial score (nSPS) is 12.3. The molecule has 0 amide bonds. The first kappa shape index (κ1) is 36.7. The molecule has 0 aliphatic rings. The van der Waals surface area contributed by atoms with Gasteiger partial charge in [-0.2, -0.15) is 0 Å². The highest BCUT2D eigenvalue weighted by atomic mass is 28.4. The van der Waals surface area contributed by atoms with Crippen LogP contribution in [0.1, 0.15) is 57.5 Å². The van der Waals surface area contributed by atoms with E-state index in [-0.39, 0.29) is 5.78 Å². The Morgan fingerprint density at radius 1 is 0.423 bits per heavy atom. The van der Waals surface area contributed by atoms with Crippen LogP contribution in [0.15, 0.2) is 170 Å². The van der Waals surface area contributed by atoms with Gasteiger partial charge >= 0.3 is 17.1 Å². The molecule has 0 saturated carbocycles. The second-order valence-electron chi connectivity index (χ2n) is 14.7. The molecular formula is C45H46O5Si2. The van der Waals surface area contributed by atoms with E-state index in [1.165, 1.54) is 0 Å². The predicted octanol–water partition coefficient (Wildman–Crippen LogP) is 7.82. The summed E-state index contributed by atoms with van der Waals surface area (Å²) in [5.41, 5.74) is -0.324. The second kappa shape index (κ2) is 15.3. The summed E-state index contributed by atoms with van der Waals surface area (Å²) in [6.07, 6.45) is 0. The smallest absolute Gasteiger partial charge is 0.469 e. The summed E-state index contributed by atoms with van der Waals surface area (Å²) < 4.78 is 29.4. The first-order valence-corrected chi connectivity index (χ1v) is 21.3. The molecule has 52 heavy (non-hydrogen) atoms. The topological polar surface area (TPSA) is 54.0 Å². The van der Waals surface area contributed by atoms with Crippen molar-refractivity contribution in [2.75, 3.05) is 0 Å². The van der Waals surface area contributed by atoms with Gasteiger partial charge in [-0.3, -0.25) is 4.79 Å². The summed E-state index contributed by atoms with van der Waals surface area (Å²) in [7, 11) is -7.26. The summed E-state index contributed by atoms with van der Waals surface area (Å²) >= 11 is 0. The Morgan fingerprint density at radius 3 is 1.13 bits per heavy atom. The van der Waals surface area contributed by atoms with Gasteiger partial charge in [0.1, 0.15) is 5.75 Å². The highest BCUT2D eigenvalue weighted by Crippen LogP contribution is 2.38. The van der Waals surface area contributed by atoms with Crippen LogP contribution in [0.3, 0.4) is 0 Å². The lowest BCUT2D eigenvalue weighted by atomic mass is 10.0. The molecule has 0 saturated heterocycles. The Morgan fingerprint density at radius 2 is 0.769 bits per heavy atom. The number of carbonyl (C=O) groups is 1. The summed E-state index contributed by atoms with van der Waals surface area (Å²) in [6.45, 7) is 12.2. The van der Waals surface area contributed by atoms with Crippen LogP contribution in [-0.4, -0.2) is 34.1 Å². The van der Waals surface area contributed by atoms with Crippen molar-refractivity contribution in [3.8, 4) is 11.5 Å². The molecule has 0 bridgehead atoms. The zero-order valence-electron chi connectivity index (χ0n) is 30.7. The van der Waals surface area contributed by atoms with E-state index in [0.717, 1.165) is 20.7 Å². The highest BCUT2D eigenvalue weighted by molar-refractivity contribution is 6.94. The standard InChI is InChI=1S/C45H46O5Si2/c1-44(2,3)49-51(36-25-14-8-15-26-36,37-27-16-9-17-28-37)47-41-34-22-33-40(42(46)35-23-12-7-13-24-35)43(41)48-52(50-45(4,5)6,38-29-18-10-19-30-38)39-31-20-11-21-32-39/h7-34H,1-6H3. The van der Waals surface area contributed by atoms with E-state index in [4.69, 9.17) is 17.7 Å². The number of para-hydroxylation sites is 1. The molecule has 6 aromatic carbocycles. The zero-order chi connectivity index (χ0) is 36.8. The van der Waals surface area contributed by atoms with Gasteiger partial charge in [-0.25, -0.2) is 0 Å². The Balaban J connectivity index is 1.67. The third-order valence-corrected chi connectivity index (χ3v) is 15.4. The minimum Gasteiger partial charge on any atom is -0.511 e. The van der Waals surface area contributed by atoms with Gasteiger partial charge in [0.05, 0.1) is 16.8 Å². The Labute approximate surface area is 310 Å². The largest absolute Gasteiger partial charge is 0.511 e. The molecule has 0 N–H and O–H groups in total. The van der Waals surface area contributed by atoms with Crippen LogP contribution in [0, 0.1) is 0 Å². The molecule has 7 heteroatoms. The molecule has 6 rings (SSSR count). The van der Waals surface area contributed by atoms with E-state index < -0.39 is 28.3 Å². The van der Waals surface area contributed by atoms with Crippen molar-refractivity contribution in [3.63, 3.8) is 0 Å². The van der Waals surface area contributed by atoms with Gasteiger partial charge in [0, 0.05) is 26.3 Å². The van der Waals surface area contributed by atoms with Crippen LogP contribution in [0.4, 0.5) is 0 Å². The van der Waals surface area contributed by atoms with Crippen molar-refractivity contribution in [2.24, 2.45) is 0 Å². The van der Waals surface area contributed by atoms with Crippen LogP contribution in [0.25, 0.3) is 0 Å². The van der Waals surface area contributed by atoms with Gasteiger partial charge in [0.15, 0.2) is 11.5 Å². The minimum absolute atomic E-state index is 0.190. The lowest BCUT2D eigenvalue weighted by Crippen LogP contribution is -2.69. The van der Waals surface area contributed by atoms with Crippen LogP contribution in [0.2, 0.25) is 0 Å². The molecule has 6 aromatic rings. The quantitative estimate of drug-likeness (QED) is 0.0953. The lowest BCUT2D eigenvalue weighted by molar-refractivity contribution is 0.0949. The van der Waals surface area contributed by atoms with Crippen LogP contribution < -0.4 is 29.6 Å². The van der Waals surface area contributed by atoms with Gasteiger partial charge in [0.25, 0.3) is 0 Å². The maximum atomic E-state index is 14.6. The van der Waals surface area contributed by atoms with Crippen molar-refractivity contribution in [2.45, 2.75) is 52.7 Å². The highest BCUT2D eigenvalue weighted by Gasteiger charge is 2.51. The van der Waals surface area contributed by atoms with Crippen molar-refractivity contribution >= 4 is 43.7 Å². The van der Waals surface area contributed by atoms with Gasteiger partial charge in [-0.1, -0.05) is 158 Å². The number of carbonyl (C=O) groups excluding carboxylic acids is 1. The Hall–Kier alpha value is -5.06. The Kier molecular flexibility index (Phi) is 10.8. The second-order valence-corrected chi connectivity index (χ2v) is 20.3. The molecule has 0 aromatic heterocycles. The average Bonchev–Trinajstić information content (AvgIpc) is 3.15. The van der Waals surface area contributed by atoms with Crippen LogP contribution in [-0.2, 0) is 8.85 Å². The van der Waals surface area contributed by atoms with E-state index in [2.05, 4.69) is 24.3 Å². The molecule has 264 valence electrons. The molecule has 5 nitrogen and oxygen atoms in total. The average molecular weight is 723 g/mol. The Bertz CT molecular complexity index is 1980. The number of benzene rings is 6. The van der Waals surface area contributed by atoms with Crippen molar-refractivity contribution in [1.82, 2.24) is 0 Å². The molecule has 0 aliphatic carbocycles. The molecule has 0 spiro atoms. The molecular weight excluding hydrogens is 677 g/mol. The predicted molar refractivity (Wildman–Crippen MR) is 215 cm³/mol. The summed E-state index contributed by atoms with van der Waals surface area (Å²) in [6, 6.07) is 55.1. The summed E-state index contributed by atoms with van der Waals surface area (Å²) in [4.78, 5) is 14.6. The summed E-state index contributed by atoms with van der Waals surface area (Å²) in [5, 5.41) is 3.62. The van der Waals surface area contributed by atoms with Crippen LogP contribution in [0.5, 0.6) is 11.5 Å². The SMILES string of the molecule is CC(C)(C)O[Si](Oc1cccc(C(=O)c2ccccc2)c1O[Si](OC(C)(C)C)(c1ccccc1)c1ccccc1)(c1ccccc1)c1ccccc1. The van der Waals surface area contributed by atoms with Gasteiger partial charge in [-0.15, -0.1) is 0 Å². The van der Waals surface area contributed by atoms with Crippen molar-refractivity contribution < 1.29 is 22.5 Å². The van der Waals surface area contributed by atoms with Gasteiger partial charge in [0.2, 0.25) is 0 Å². The molecule has 0 heterocycles. The zero-order valence-corrected chi connectivity index (χ0v) is 32.7. The maximum Gasteiger partial charge on any atom is 0.469 e. The number of rotatable bonds is 12. The maximum absolute atomic E-state index is 14.6. The van der Waals surface area contributed by atoms with E-state index in [1.807, 2.05) is 187 Å². The molecule has 0 fully saturated rings. The van der Waals surface area contributed by atoms with E-state index in [9.17, 15) is 4.79 Å². The molecule has 0 unspecified atom stereocenters. The van der Waals surface area contributed by atoms with E-state index in [0.29, 0.717) is 22.6 Å². The lowest BCUT2D eigenvalue weighted by Gasteiger charge is -2.40. The minimum atomic E-state index is -3.67. The fourth-order valence-electron chi connectivity index (χ4n) is 6.26. The first-order chi connectivity index (χ1) is 24.9. The third kappa shape index (κ3) is 8.19. The molecule has 0 aliphatic heterocycles. The van der Waals surface area contributed by atoms with Crippen molar-refractivity contribution in [3.05, 3.63) is 181 Å². The number of hydrogen-bond donors (Lipinski definition) is 0. The first-order valence-electron chi connectivity index (χ1n) is 17.6. The van der Waals surface area contributed by atoms with E-state index in [1.54, 1.807) is 0 Å². The monoisotopic (exact) mass is 722 g/mol. The van der Waals surface area contributed by atoms with Gasteiger partial charge < -0.3 is 17.7 Å². The summed E-state index contributed by atoms with van der Waals surface area (Å²) in [5.74, 6) is 0.511. The number of hydrogen-bond acceptors (Lipinski definition) is 5. The molecule has 0 radical (unpaired) electrons. The third-order valence-electron chi connectivity index (χ3n) is 8.27. The fourth-order valence-corrected chi connectivity index (χ4v) is 13.2. The van der Waals surface area contributed by atoms with Crippen LogP contribution >= 0.6 is 0 Å². The van der Waals surface area contributed by atoms with Crippen molar-refractivity contribution in [1.29, 1.82) is 0 Å². The fraction of sp³-hybridized carbons (Fsp3) is 0.178. The van der Waals surface area contributed by atoms with E-state index >= 15 is 0 Å². The van der Waals surface area contributed by atoms with Gasteiger partial charge in [-0.05, 0) is 53.7 Å². The number of ketones is 1. The molecule has 0 atom stereocenters.